The Morgan fingerprint density at radius 1 is 1.48 bits per heavy atom. The van der Waals surface area contributed by atoms with Crippen LogP contribution in [0.4, 0.5) is 5.69 Å². The van der Waals surface area contributed by atoms with Crippen LogP contribution in [0.1, 0.15) is 5.56 Å². The molecular weight excluding hydrogens is 338 g/mol. The molecule has 2 rings (SSSR count). The molecule has 0 radical (unpaired) electrons. The number of hydrogen-bond acceptors (Lipinski definition) is 5. The van der Waals surface area contributed by atoms with Gasteiger partial charge in [0.1, 0.15) is 10.2 Å². The van der Waals surface area contributed by atoms with E-state index in [4.69, 9.17) is 9.84 Å². The van der Waals surface area contributed by atoms with Crippen LogP contribution in [0.25, 0.3) is 0 Å². The molecule has 0 aliphatic heterocycles. The Morgan fingerprint density at radius 2 is 2.29 bits per heavy atom. The zero-order chi connectivity index (χ0) is 15.2. The van der Waals surface area contributed by atoms with Crippen LogP contribution in [-0.4, -0.2) is 28.6 Å². The number of aliphatic hydroxyl groups excluding tert-OH is 1. The van der Waals surface area contributed by atoms with Crippen molar-refractivity contribution in [1.82, 2.24) is 9.78 Å². The monoisotopic (exact) mass is 353 g/mol. The molecule has 0 unspecified atom stereocenters. The highest BCUT2D eigenvalue weighted by Gasteiger charge is 2.08. The number of methoxy groups -OCH3 is 1. The number of benzene rings is 1. The number of rotatable bonds is 6. The molecule has 2 N–H and O–H groups in total. The summed E-state index contributed by atoms with van der Waals surface area (Å²) in [4.78, 5) is 12.0. The zero-order valence-electron chi connectivity index (χ0n) is 11.5. The number of nitrogens with zero attached hydrogens (tertiary/aromatic N) is 2. The summed E-state index contributed by atoms with van der Waals surface area (Å²) in [5, 5.41) is 16.0. The van der Waals surface area contributed by atoms with Crippen LogP contribution in [-0.2, 0) is 13.1 Å². The molecule has 0 saturated carbocycles. The second kappa shape index (κ2) is 7.24. The highest BCUT2D eigenvalue weighted by atomic mass is 79.9. The molecule has 1 aromatic heterocycles. The van der Waals surface area contributed by atoms with Crippen molar-refractivity contribution in [3.05, 3.63) is 50.9 Å². The Morgan fingerprint density at radius 3 is 3.00 bits per heavy atom. The summed E-state index contributed by atoms with van der Waals surface area (Å²) in [6, 6.07) is 7.66. The van der Waals surface area contributed by atoms with E-state index in [1.54, 1.807) is 13.3 Å². The number of hydrogen-bond donors (Lipinski definition) is 2. The summed E-state index contributed by atoms with van der Waals surface area (Å²) < 4.78 is 6.77. The molecule has 0 spiro atoms. The Balaban J connectivity index is 2.13. The molecule has 0 bridgehead atoms. The van der Waals surface area contributed by atoms with Gasteiger partial charge in [0.05, 0.1) is 32.1 Å². The molecule has 1 heterocycles. The van der Waals surface area contributed by atoms with Crippen molar-refractivity contribution in [3.8, 4) is 5.75 Å². The molecule has 0 aliphatic carbocycles. The topological polar surface area (TPSA) is 76.4 Å². The van der Waals surface area contributed by atoms with Gasteiger partial charge in [-0.25, -0.2) is 4.68 Å². The van der Waals surface area contributed by atoms with Crippen molar-refractivity contribution >= 4 is 21.6 Å². The molecule has 0 saturated heterocycles. The van der Waals surface area contributed by atoms with Crippen molar-refractivity contribution in [2.45, 2.75) is 13.1 Å². The van der Waals surface area contributed by atoms with E-state index in [1.165, 1.54) is 4.68 Å². The maximum atomic E-state index is 12.0. The number of halogens is 1. The van der Waals surface area contributed by atoms with Gasteiger partial charge in [-0.2, -0.15) is 5.10 Å². The van der Waals surface area contributed by atoms with Gasteiger partial charge in [0, 0.05) is 6.54 Å². The Labute approximate surface area is 130 Å². The van der Waals surface area contributed by atoms with E-state index in [0.29, 0.717) is 16.7 Å². The Hall–Kier alpha value is -1.86. The fourth-order valence-corrected chi connectivity index (χ4v) is 2.27. The summed E-state index contributed by atoms with van der Waals surface area (Å²) in [6.07, 6.45) is 1.56. The molecule has 6 nitrogen and oxygen atoms in total. The second-order valence-corrected chi connectivity index (χ2v) is 5.12. The summed E-state index contributed by atoms with van der Waals surface area (Å²) in [7, 11) is 1.62. The molecule has 2 aromatic rings. The maximum Gasteiger partial charge on any atom is 0.283 e. The molecule has 0 aliphatic rings. The van der Waals surface area contributed by atoms with Crippen LogP contribution in [0.3, 0.4) is 0 Å². The molecule has 0 fully saturated rings. The van der Waals surface area contributed by atoms with Crippen LogP contribution in [0.15, 0.2) is 39.7 Å². The number of ether oxygens (including phenoxy) is 1. The molecule has 0 amide bonds. The summed E-state index contributed by atoms with van der Waals surface area (Å²) >= 11 is 3.26. The molecule has 0 atom stereocenters. The van der Waals surface area contributed by atoms with E-state index >= 15 is 0 Å². The van der Waals surface area contributed by atoms with Crippen molar-refractivity contribution in [2.24, 2.45) is 0 Å². The van der Waals surface area contributed by atoms with E-state index in [-0.39, 0.29) is 18.7 Å². The first kappa shape index (κ1) is 15.5. The van der Waals surface area contributed by atoms with Gasteiger partial charge >= 0.3 is 0 Å². The van der Waals surface area contributed by atoms with Gasteiger partial charge in [0.15, 0.2) is 0 Å². The minimum Gasteiger partial charge on any atom is -0.497 e. The number of nitrogens with one attached hydrogen (secondary N) is 1. The third-order valence-electron chi connectivity index (χ3n) is 2.91. The van der Waals surface area contributed by atoms with Crippen LogP contribution < -0.4 is 15.6 Å². The van der Waals surface area contributed by atoms with Crippen molar-refractivity contribution in [3.63, 3.8) is 0 Å². The standard InChI is InChI=1S/C14H16BrN3O3/c1-21-11-4-2-3-10(7-11)8-16-12-9-17-18(5-6-19)14(20)13(12)15/h2-4,7,9,16,19H,5-6,8H2,1H3. The van der Waals surface area contributed by atoms with Gasteiger partial charge in [-0.05, 0) is 33.6 Å². The van der Waals surface area contributed by atoms with Crippen molar-refractivity contribution < 1.29 is 9.84 Å². The third kappa shape index (κ3) is 3.83. The average Bonchev–Trinajstić information content (AvgIpc) is 2.51. The Bertz CT molecular complexity index is 673. The van der Waals surface area contributed by atoms with Crippen molar-refractivity contribution in [2.75, 3.05) is 19.0 Å². The molecular formula is C14H16BrN3O3. The second-order valence-electron chi connectivity index (χ2n) is 4.33. The first-order valence-corrected chi connectivity index (χ1v) is 7.18. The van der Waals surface area contributed by atoms with Gasteiger partial charge in [0.25, 0.3) is 5.56 Å². The summed E-state index contributed by atoms with van der Waals surface area (Å²) in [5.41, 5.74) is 1.36. The minimum atomic E-state index is -0.278. The number of aromatic nitrogens is 2. The predicted octanol–water partition coefficient (Wildman–Crippen LogP) is 1.62. The molecule has 21 heavy (non-hydrogen) atoms. The normalized spacial score (nSPS) is 10.4. The first-order valence-electron chi connectivity index (χ1n) is 6.39. The van der Waals surface area contributed by atoms with Gasteiger partial charge < -0.3 is 15.2 Å². The smallest absolute Gasteiger partial charge is 0.283 e. The van der Waals surface area contributed by atoms with E-state index < -0.39 is 0 Å². The van der Waals surface area contributed by atoms with Crippen LogP contribution in [0, 0.1) is 0 Å². The zero-order valence-corrected chi connectivity index (χ0v) is 13.1. The SMILES string of the molecule is COc1cccc(CNc2cnn(CCO)c(=O)c2Br)c1. The van der Waals surface area contributed by atoms with E-state index in [0.717, 1.165) is 11.3 Å². The van der Waals surface area contributed by atoms with Gasteiger partial charge in [-0.3, -0.25) is 4.79 Å². The number of anilines is 1. The summed E-state index contributed by atoms with van der Waals surface area (Å²) in [5.74, 6) is 0.782. The van der Waals surface area contributed by atoms with Gasteiger partial charge in [-0.15, -0.1) is 0 Å². The summed E-state index contributed by atoms with van der Waals surface area (Å²) in [6.45, 7) is 0.588. The quantitative estimate of drug-likeness (QED) is 0.825. The highest BCUT2D eigenvalue weighted by molar-refractivity contribution is 9.10. The Kier molecular flexibility index (Phi) is 5.35. The van der Waals surface area contributed by atoms with Crippen LogP contribution in [0.2, 0.25) is 0 Å². The largest absolute Gasteiger partial charge is 0.497 e. The lowest BCUT2D eigenvalue weighted by molar-refractivity contribution is 0.266. The van der Waals surface area contributed by atoms with E-state index in [9.17, 15) is 4.79 Å². The van der Waals surface area contributed by atoms with E-state index in [1.807, 2.05) is 24.3 Å². The van der Waals surface area contributed by atoms with Gasteiger partial charge in [-0.1, -0.05) is 12.1 Å². The lowest BCUT2D eigenvalue weighted by Crippen LogP contribution is -2.25. The maximum absolute atomic E-state index is 12.0. The lowest BCUT2D eigenvalue weighted by atomic mass is 10.2. The number of aliphatic hydroxyl groups is 1. The van der Waals surface area contributed by atoms with E-state index in [2.05, 4.69) is 26.3 Å². The van der Waals surface area contributed by atoms with Crippen LogP contribution in [0.5, 0.6) is 5.75 Å². The van der Waals surface area contributed by atoms with Crippen molar-refractivity contribution in [1.29, 1.82) is 0 Å². The third-order valence-corrected chi connectivity index (χ3v) is 3.68. The molecule has 1 aromatic carbocycles. The average molecular weight is 354 g/mol. The van der Waals surface area contributed by atoms with Gasteiger partial charge in [0.2, 0.25) is 0 Å². The lowest BCUT2D eigenvalue weighted by Gasteiger charge is -2.10. The fraction of sp³-hybridized carbons (Fsp3) is 0.286. The fourth-order valence-electron chi connectivity index (χ4n) is 1.82. The highest BCUT2D eigenvalue weighted by Crippen LogP contribution is 2.18. The predicted molar refractivity (Wildman–Crippen MR) is 83.6 cm³/mol. The molecule has 7 heteroatoms. The first-order chi connectivity index (χ1) is 10.2. The molecule has 112 valence electrons. The minimum absolute atomic E-state index is 0.129. The van der Waals surface area contributed by atoms with Crippen LogP contribution >= 0.6 is 15.9 Å².